The fraction of sp³-hybridized carbons (Fsp3) is 0.190. The van der Waals surface area contributed by atoms with Gasteiger partial charge in [0.15, 0.2) is 0 Å². The predicted octanol–water partition coefficient (Wildman–Crippen LogP) is 10.9. The van der Waals surface area contributed by atoms with Crippen LogP contribution in [0.4, 0.5) is 0 Å². The van der Waals surface area contributed by atoms with Gasteiger partial charge in [-0.15, -0.1) is 53.6 Å². The van der Waals surface area contributed by atoms with Crippen LogP contribution >= 0.6 is 0 Å². The number of pyridine rings is 2. The molecule has 0 bridgehead atoms. The van der Waals surface area contributed by atoms with E-state index in [1.807, 2.05) is 60.9 Å². The Labute approximate surface area is 297 Å². The second-order valence-electron chi connectivity index (χ2n) is 13.1. The van der Waals surface area contributed by atoms with Crippen LogP contribution in [0.1, 0.15) is 40.6 Å². The van der Waals surface area contributed by atoms with Gasteiger partial charge in [0.05, 0.1) is 13.7 Å². The molecule has 5 heteroatoms. The molecule has 3 heterocycles. The molecule has 47 heavy (non-hydrogen) atoms. The topological polar surface area (TPSA) is 38.9 Å². The van der Waals surface area contributed by atoms with Crippen molar-refractivity contribution in [2.75, 3.05) is 0 Å². The number of hydrogen-bond acceptors (Lipinski definition) is 3. The summed E-state index contributed by atoms with van der Waals surface area (Å²) in [6.07, 6.45) is 3.85. The molecule has 0 aliphatic carbocycles. The minimum atomic E-state index is -2.14. The standard InChI is InChI=1S/C27H22NO.C15H18NSi.Ir/c1-17(2)19-12-13-28-25(15-19)24-9-5-8-23-22-11-10-21(16-26(22)29-27(23)24)20-7-4-6-18(3)14-20;1-12-6-5-7-13(10-12)15-9-8-14(11-16-15)17(2,3)4;/h4-8,10-17H,1-3H3;5-6,8-11H,1-4H3;/q2*-1;/i3D3;;. The zero-order chi connectivity index (χ0) is 34.9. The average Bonchev–Trinajstić information content (AvgIpc) is 3.46. The Hall–Kier alpha value is -4.15. The van der Waals surface area contributed by atoms with Crippen LogP contribution in [-0.4, -0.2) is 18.0 Å². The fourth-order valence-electron chi connectivity index (χ4n) is 5.48. The average molecular weight is 812 g/mol. The molecule has 0 N–H and O–H groups in total. The van der Waals surface area contributed by atoms with Crippen LogP contribution in [0.5, 0.6) is 0 Å². The number of rotatable bonds is 5. The summed E-state index contributed by atoms with van der Waals surface area (Å²) < 4.78 is 29.4. The minimum absolute atomic E-state index is 0. The van der Waals surface area contributed by atoms with Crippen LogP contribution in [0.3, 0.4) is 0 Å². The van der Waals surface area contributed by atoms with Gasteiger partial charge in [-0.25, -0.2) is 0 Å². The molecule has 4 aromatic carbocycles. The van der Waals surface area contributed by atoms with Gasteiger partial charge < -0.3 is 14.4 Å². The molecule has 0 saturated carbocycles. The van der Waals surface area contributed by atoms with E-state index in [1.165, 1.54) is 16.3 Å². The first-order chi connectivity index (χ1) is 23.3. The summed E-state index contributed by atoms with van der Waals surface area (Å²) in [7, 11) is -1.24. The van der Waals surface area contributed by atoms with E-state index in [2.05, 4.69) is 92.8 Å². The Bertz CT molecular complexity index is 2250. The van der Waals surface area contributed by atoms with Crippen LogP contribution < -0.4 is 5.19 Å². The molecule has 7 aromatic rings. The molecule has 0 aliphatic rings. The number of fused-ring (bicyclic) bond motifs is 3. The van der Waals surface area contributed by atoms with Crippen LogP contribution in [0.25, 0.3) is 55.6 Å². The summed E-state index contributed by atoms with van der Waals surface area (Å²) in [5.74, 6) is 0.403. The number of nitrogens with zero attached hydrogens (tertiary/aromatic N) is 2. The molecule has 0 fully saturated rings. The van der Waals surface area contributed by atoms with E-state index in [1.54, 1.807) is 18.2 Å². The largest absolute Gasteiger partial charge is 0.501 e. The van der Waals surface area contributed by atoms with E-state index in [4.69, 9.17) is 8.53 Å². The van der Waals surface area contributed by atoms with Crippen molar-refractivity contribution in [1.82, 2.24) is 9.97 Å². The number of aryl methyl sites for hydroxylation is 2. The van der Waals surface area contributed by atoms with Crippen molar-refractivity contribution in [1.29, 1.82) is 0 Å². The smallest absolute Gasteiger partial charge is 0.121 e. The molecular formula is C42H40IrN2OSi-2. The van der Waals surface area contributed by atoms with Crippen molar-refractivity contribution in [3.8, 4) is 33.6 Å². The summed E-state index contributed by atoms with van der Waals surface area (Å²) in [4.78, 5) is 9.13. The maximum atomic E-state index is 7.69. The van der Waals surface area contributed by atoms with Gasteiger partial charge in [-0.3, -0.25) is 0 Å². The molecule has 0 atom stereocenters. The minimum Gasteiger partial charge on any atom is -0.501 e. The molecule has 7 rings (SSSR count). The third-order valence-corrected chi connectivity index (χ3v) is 10.2. The summed E-state index contributed by atoms with van der Waals surface area (Å²) in [5, 5.41) is 3.41. The maximum Gasteiger partial charge on any atom is 0.121 e. The molecule has 0 aliphatic heterocycles. The third-order valence-electron chi connectivity index (χ3n) is 8.20. The quantitative estimate of drug-likeness (QED) is 0.128. The van der Waals surface area contributed by atoms with Gasteiger partial charge in [-0.1, -0.05) is 117 Å². The second kappa shape index (κ2) is 14.3. The van der Waals surface area contributed by atoms with E-state index in [9.17, 15) is 0 Å². The Morgan fingerprint density at radius 3 is 2.30 bits per heavy atom. The molecule has 0 spiro atoms. The molecule has 3 aromatic heterocycles. The first kappa shape index (κ1) is 30.2. The van der Waals surface area contributed by atoms with Crippen LogP contribution in [0.2, 0.25) is 19.6 Å². The fourth-order valence-corrected chi connectivity index (χ4v) is 6.51. The van der Waals surface area contributed by atoms with Gasteiger partial charge in [-0.05, 0) is 52.6 Å². The predicted molar refractivity (Wildman–Crippen MR) is 196 cm³/mol. The van der Waals surface area contributed by atoms with Crippen molar-refractivity contribution in [2.45, 2.75) is 53.2 Å². The van der Waals surface area contributed by atoms with Crippen LogP contribution in [0, 0.1) is 25.9 Å². The SMILES string of the molecule is Cc1cc[c-]c(-c2ccc([Si](C)(C)C)cn2)c1.[2H]C([2H])([2H])c1cccc(-c2ccc3c(c2)oc2c(-c4cc(C(C)C)ccn4)[c-]ccc23)c1.[Ir]. The molecule has 3 nitrogen and oxygen atoms in total. The summed E-state index contributed by atoms with van der Waals surface area (Å²) in [6.45, 7) is 11.3. The summed E-state index contributed by atoms with van der Waals surface area (Å²) in [6, 6.07) is 38.1. The maximum absolute atomic E-state index is 7.69. The zero-order valence-corrected chi connectivity index (χ0v) is 31.0. The van der Waals surface area contributed by atoms with E-state index in [0.717, 1.165) is 55.6 Å². The van der Waals surface area contributed by atoms with E-state index in [0.29, 0.717) is 11.5 Å². The number of benzene rings is 4. The van der Waals surface area contributed by atoms with Gasteiger partial charge >= 0.3 is 0 Å². The monoisotopic (exact) mass is 812 g/mol. The van der Waals surface area contributed by atoms with Crippen molar-refractivity contribution < 1.29 is 28.6 Å². The molecule has 239 valence electrons. The van der Waals surface area contributed by atoms with Gasteiger partial charge in [-0.2, -0.15) is 0 Å². The molecule has 0 unspecified atom stereocenters. The number of furan rings is 1. The Balaban J connectivity index is 0.000000229. The van der Waals surface area contributed by atoms with Crippen molar-refractivity contribution in [3.63, 3.8) is 0 Å². The van der Waals surface area contributed by atoms with Gasteiger partial charge in [0.2, 0.25) is 0 Å². The van der Waals surface area contributed by atoms with Gasteiger partial charge in [0, 0.05) is 42.0 Å². The zero-order valence-electron chi connectivity index (χ0n) is 30.6. The normalized spacial score (nSPS) is 12.5. The van der Waals surface area contributed by atoms with Gasteiger partial charge in [0.25, 0.3) is 0 Å². The number of hydrogen-bond donors (Lipinski definition) is 0. The Morgan fingerprint density at radius 1 is 0.766 bits per heavy atom. The van der Waals surface area contributed by atoms with Crippen LogP contribution in [-0.2, 0) is 20.1 Å². The van der Waals surface area contributed by atoms with E-state index >= 15 is 0 Å². The third kappa shape index (κ3) is 7.71. The first-order valence-electron chi connectivity index (χ1n) is 17.2. The second-order valence-corrected chi connectivity index (χ2v) is 18.2. The van der Waals surface area contributed by atoms with E-state index < -0.39 is 14.9 Å². The molecule has 0 saturated heterocycles. The van der Waals surface area contributed by atoms with Gasteiger partial charge in [0.1, 0.15) is 5.58 Å². The first-order valence-corrected chi connectivity index (χ1v) is 19.2. The van der Waals surface area contributed by atoms with Crippen molar-refractivity contribution in [3.05, 3.63) is 138 Å². The Morgan fingerprint density at radius 2 is 1.57 bits per heavy atom. The van der Waals surface area contributed by atoms with Crippen molar-refractivity contribution >= 4 is 35.2 Å². The molecule has 0 amide bonds. The Kier molecular flexibility index (Phi) is 9.19. The van der Waals surface area contributed by atoms with Crippen molar-refractivity contribution in [2.24, 2.45) is 0 Å². The summed E-state index contributed by atoms with van der Waals surface area (Å²) in [5.41, 5.74) is 9.81. The molecular weight excluding hydrogens is 769 g/mol. The number of aromatic nitrogens is 2. The van der Waals surface area contributed by atoms with E-state index in [-0.39, 0.29) is 20.1 Å². The molecule has 1 radical (unpaired) electrons. The summed E-state index contributed by atoms with van der Waals surface area (Å²) >= 11 is 0. The van der Waals surface area contributed by atoms with Crippen LogP contribution in [0.15, 0.2) is 114 Å².